The van der Waals surface area contributed by atoms with Crippen LogP contribution >= 0.6 is 0 Å². The first kappa shape index (κ1) is 21.0. The molecule has 0 radical (unpaired) electrons. The SMILES string of the molecule is CCOC(=O)c1cc(OC)c(OCc2ccccc2)cc1C(=O)c1ccccc1F. The van der Waals surface area contributed by atoms with E-state index < -0.39 is 17.6 Å². The zero-order valence-electron chi connectivity index (χ0n) is 16.7. The maximum absolute atomic E-state index is 14.2. The zero-order valence-corrected chi connectivity index (χ0v) is 16.7. The Bertz CT molecular complexity index is 1050. The second-order valence-corrected chi connectivity index (χ2v) is 6.35. The predicted molar refractivity (Wildman–Crippen MR) is 110 cm³/mol. The van der Waals surface area contributed by atoms with Gasteiger partial charge in [0.2, 0.25) is 0 Å². The van der Waals surface area contributed by atoms with Crippen LogP contribution in [0.3, 0.4) is 0 Å². The molecule has 0 aliphatic heterocycles. The van der Waals surface area contributed by atoms with Crippen molar-refractivity contribution in [2.45, 2.75) is 13.5 Å². The highest BCUT2D eigenvalue weighted by Gasteiger charge is 2.25. The molecule has 0 aromatic heterocycles. The van der Waals surface area contributed by atoms with Crippen molar-refractivity contribution in [2.24, 2.45) is 0 Å². The summed E-state index contributed by atoms with van der Waals surface area (Å²) in [5.41, 5.74) is 0.717. The van der Waals surface area contributed by atoms with Gasteiger partial charge in [0.05, 0.1) is 24.8 Å². The first-order chi connectivity index (χ1) is 14.5. The molecule has 0 saturated heterocycles. The van der Waals surface area contributed by atoms with E-state index in [2.05, 4.69) is 0 Å². The highest BCUT2D eigenvalue weighted by molar-refractivity contribution is 6.15. The Labute approximate surface area is 174 Å². The van der Waals surface area contributed by atoms with Crippen molar-refractivity contribution in [1.82, 2.24) is 0 Å². The normalized spacial score (nSPS) is 10.4. The summed E-state index contributed by atoms with van der Waals surface area (Å²) in [6.07, 6.45) is 0. The Balaban J connectivity index is 2.06. The second-order valence-electron chi connectivity index (χ2n) is 6.35. The molecule has 0 heterocycles. The summed E-state index contributed by atoms with van der Waals surface area (Å²) in [5, 5.41) is 0. The third kappa shape index (κ3) is 4.66. The molecule has 5 nitrogen and oxygen atoms in total. The van der Waals surface area contributed by atoms with E-state index in [1.807, 2.05) is 30.3 Å². The minimum atomic E-state index is -0.704. The van der Waals surface area contributed by atoms with Gasteiger partial charge in [-0.05, 0) is 36.8 Å². The molecule has 0 aliphatic carbocycles. The molecule has 0 fully saturated rings. The third-order valence-electron chi connectivity index (χ3n) is 4.40. The van der Waals surface area contributed by atoms with Gasteiger partial charge in [0.25, 0.3) is 0 Å². The van der Waals surface area contributed by atoms with Crippen molar-refractivity contribution < 1.29 is 28.2 Å². The fourth-order valence-electron chi connectivity index (χ4n) is 2.92. The smallest absolute Gasteiger partial charge is 0.339 e. The van der Waals surface area contributed by atoms with E-state index in [0.717, 1.165) is 5.56 Å². The van der Waals surface area contributed by atoms with Gasteiger partial charge < -0.3 is 14.2 Å². The van der Waals surface area contributed by atoms with E-state index in [4.69, 9.17) is 14.2 Å². The van der Waals surface area contributed by atoms with Crippen LogP contribution in [-0.2, 0) is 11.3 Å². The van der Waals surface area contributed by atoms with E-state index in [1.54, 1.807) is 13.0 Å². The summed E-state index contributed by atoms with van der Waals surface area (Å²) >= 11 is 0. The van der Waals surface area contributed by atoms with Crippen molar-refractivity contribution in [2.75, 3.05) is 13.7 Å². The molecule has 0 unspecified atom stereocenters. The highest BCUT2D eigenvalue weighted by Crippen LogP contribution is 2.33. The molecule has 0 spiro atoms. The lowest BCUT2D eigenvalue weighted by Gasteiger charge is -2.15. The molecule has 0 bridgehead atoms. The Hall–Kier alpha value is -3.67. The fraction of sp³-hybridized carbons (Fsp3) is 0.167. The molecule has 3 rings (SSSR count). The lowest BCUT2D eigenvalue weighted by molar-refractivity contribution is 0.0523. The summed E-state index contributed by atoms with van der Waals surface area (Å²) < 4.78 is 30.5. The van der Waals surface area contributed by atoms with Crippen LogP contribution in [0.5, 0.6) is 11.5 Å². The molecular weight excluding hydrogens is 387 g/mol. The third-order valence-corrected chi connectivity index (χ3v) is 4.40. The van der Waals surface area contributed by atoms with Crippen LogP contribution in [0.2, 0.25) is 0 Å². The standard InChI is InChI=1S/C24H21FO5/c1-3-29-24(27)19-14-21(28-2)22(30-15-16-9-5-4-6-10-16)13-18(19)23(26)17-11-7-8-12-20(17)25/h4-14H,3,15H2,1-2H3. The summed E-state index contributed by atoms with van der Waals surface area (Å²) in [6.45, 7) is 2.01. The molecule has 0 saturated carbocycles. The monoisotopic (exact) mass is 408 g/mol. The summed E-state index contributed by atoms with van der Waals surface area (Å²) in [6, 6.07) is 17.8. The van der Waals surface area contributed by atoms with Gasteiger partial charge in [-0.3, -0.25) is 4.79 Å². The van der Waals surface area contributed by atoms with Gasteiger partial charge in [-0.25, -0.2) is 9.18 Å². The number of methoxy groups -OCH3 is 1. The largest absolute Gasteiger partial charge is 0.493 e. The average molecular weight is 408 g/mol. The van der Waals surface area contributed by atoms with Crippen molar-refractivity contribution in [3.63, 3.8) is 0 Å². The molecule has 0 N–H and O–H groups in total. The molecule has 154 valence electrons. The Morgan fingerprint density at radius 1 is 0.867 bits per heavy atom. The van der Waals surface area contributed by atoms with E-state index in [9.17, 15) is 14.0 Å². The molecule has 0 amide bonds. The Kier molecular flexibility index (Phi) is 6.80. The maximum Gasteiger partial charge on any atom is 0.339 e. The molecule has 3 aromatic carbocycles. The molecular formula is C24H21FO5. The van der Waals surface area contributed by atoms with Crippen LogP contribution < -0.4 is 9.47 Å². The second kappa shape index (κ2) is 9.69. The number of carbonyl (C=O) groups is 2. The zero-order chi connectivity index (χ0) is 21.5. The van der Waals surface area contributed by atoms with Gasteiger partial charge in [0, 0.05) is 5.56 Å². The van der Waals surface area contributed by atoms with Gasteiger partial charge in [-0.1, -0.05) is 42.5 Å². The molecule has 0 aliphatic rings. The van der Waals surface area contributed by atoms with Crippen molar-refractivity contribution in [3.8, 4) is 11.5 Å². The number of halogens is 1. The van der Waals surface area contributed by atoms with Gasteiger partial charge in [0.1, 0.15) is 12.4 Å². The maximum atomic E-state index is 14.2. The van der Waals surface area contributed by atoms with E-state index in [0.29, 0.717) is 0 Å². The average Bonchev–Trinajstić information content (AvgIpc) is 2.77. The van der Waals surface area contributed by atoms with Crippen LogP contribution in [0.1, 0.15) is 38.8 Å². The number of esters is 1. The molecule has 30 heavy (non-hydrogen) atoms. The van der Waals surface area contributed by atoms with E-state index in [-0.39, 0.29) is 41.4 Å². The number of hydrogen-bond donors (Lipinski definition) is 0. The van der Waals surface area contributed by atoms with E-state index in [1.165, 1.54) is 37.4 Å². The minimum Gasteiger partial charge on any atom is -0.493 e. The fourth-order valence-corrected chi connectivity index (χ4v) is 2.92. The summed E-state index contributed by atoms with van der Waals surface area (Å²) in [5.74, 6) is -1.51. The van der Waals surface area contributed by atoms with Crippen molar-refractivity contribution in [1.29, 1.82) is 0 Å². The minimum absolute atomic E-state index is 0.0194. The van der Waals surface area contributed by atoms with Crippen LogP contribution in [0.25, 0.3) is 0 Å². The number of hydrogen-bond acceptors (Lipinski definition) is 5. The van der Waals surface area contributed by atoms with Crippen molar-refractivity contribution in [3.05, 3.63) is 94.8 Å². The highest BCUT2D eigenvalue weighted by atomic mass is 19.1. The number of carbonyl (C=O) groups excluding carboxylic acids is 2. The van der Waals surface area contributed by atoms with Gasteiger partial charge in [-0.2, -0.15) is 0 Å². The summed E-state index contributed by atoms with van der Waals surface area (Å²) in [4.78, 5) is 25.6. The lowest BCUT2D eigenvalue weighted by atomic mass is 9.97. The van der Waals surface area contributed by atoms with Gasteiger partial charge >= 0.3 is 5.97 Å². The van der Waals surface area contributed by atoms with E-state index >= 15 is 0 Å². The Morgan fingerprint density at radius 2 is 1.53 bits per heavy atom. The molecule has 0 atom stereocenters. The Morgan fingerprint density at radius 3 is 2.20 bits per heavy atom. The van der Waals surface area contributed by atoms with Crippen LogP contribution in [-0.4, -0.2) is 25.5 Å². The topological polar surface area (TPSA) is 61.8 Å². The van der Waals surface area contributed by atoms with Crippen LogP contribution in [0, 0.1) is 5.82 Å². The number of rotatable bonds is 8. The van der Waals surface area contributed by atoms with Crippen LogP contribution in [0.15, 0.2) is 66.7 Å². The quantitative estimate of drug-likeness (QED) is 0.395. The summed E-state index contributed by atoms with van der Waals surface area (Å²) in [7, 11) is 1.43. The van der Waals surface area contributed by atoms with Gasteiger partial charge in [0.15, 0.2) is 17.3 Å². The molecule has 6 heteroatoms. The van der Waals surface area contributed by atoms with Crippen molar-refractivity contribution >= 4 is 11.8 Å². The number of ether oxygens (including phenoxy) is 3. The first-order valence-electron chi connectivity index (χ1n) is 9.40. The predicted octanol–water partition coefficient (Wildman–Crippen LogP) is 4.82. The van der Waals surface area contributed by atoms with Gasteiger partial charge in [-0.15, -0.1) is 0 Å². The first-order valence-corrected chi connectivity index (χ1v) is 9.40. The molecule has 3 aromatic rings. The number of benzene rings is 3. The van der Waals surface area contributed by atoms with Crippen LogP contribution in [0.4, 0.5) is 4.39 Å². The lowest BCUT2D eigenvalue weighted by Crippen LogP contribution is -2.14. The number of ketones is 1.